The molecule has 0 unspecified atom stereocenters. The van der Waals surface area contributed by atoms with Crippen LogP contribution in [0, 0.1) is 13.8 Å². The molecule has 176 valence electrons. The fourth-order valence-electron chi connectivity index (χ4n) is 2.39. The molecule has 0 radical (unpaired) electrons. The van der Waals surface area contributed by atoms with Crippen LogP contribution in [-0.4, -0.2) is 38.5 Å². The molecule has 31 heavy (non-hydrogen) atoms. The number of rotatable bonds is 6. The van der Waals surface area contributed by atoms with Crippen LogP contribution >= 0.6 is 0 Å². The number of aryl methyl sites for hydroxylation is 4. The Morgan fingerprint density at radius 3 is 1.16 bits per heavy atom. The van der Waals surface area contributed by atoms with E-state index >= 15 is 0 Å². The summed E-state index contributed by atoms with van der Waals surface area (Å²) in [5.74, 6) is 0. The van der Waals surface area contributed by atoms with Crippen LogP contribution in [0.25, 0.3) is 0 Å². The Labute approximate surface area is 208 Å². The molecule has 0 spiro atoms. The molecular formula is C22H36HfO6S2. The summed E-state index contributed by atoms with van der Waals surface area (Å²) in [5.41, 5.74) is 5.96. The summed E-state index contributed by atoms with van der Waals surface area (Å²) in [7, 11) is -7.83. The molecule has 2 rings (SSSR count). The predicted octanol–water partition coefficient (Wildman–Crippen LogP) is 4.43. The van der Waals surface area contributed by atoms with Crippen LogP contribution in [0.15, 0.2) is 36.4 Å². The SMILES string of the molecule is CCCC[c-]1cccc1C.CCCC[c-]1cccc1C.CS(=O)(=O)[O-].CS(=O)(=O)[O-].[Hf+4]. The Balaban J connectivity index is -0.000000353. The van der Waals surface area contributed by atoms with Gasteiger partial charge in [-0.25, -0.2) is 41.1 Å². The van der Waals surface area contributed by atoms with E-state index in [0.29, 0.717) is 12.5 Å². The van der Waals surface area contributed by atoms with Crippen molar-refractivity contribution >= 4 is 20.2 Å². The van der Waals surface area contributed by atoms with Crippen LogP contribution in [0.2, 0.25) is 0 Å². The van der Waals surface area contributed by atoms with Gasteiger partial charge in [0.1, 0.15) is 0 Å². The van der Waals surface area contributed by atoms with Crippen molar-refractivity contribution in [3.05, 3.63) is 58.7 Å². The zero-order valence-electron chi connectivity index (χ0n) is 19.5. The molecule has 0 aliphatic rings. The first kappa shape index (κ1) is 35.0. The van der Waals surface area contributed by atoms with Gasteiger partial charge in [-0.3, -0.25) is 0 Å². The third kappa shape index (κ3) is 29.4. The normalized spacial score (nSPS) is 10.3. The summed E-state index contributed by atoms with van der Waals surface area (Å²) < 4.78 is 54.5. The minimum atomic E-state index is -3.92. The van der Waals surface area contributed by atoms with Crippen molar-refractivity contribution in [3.8, 4) is 0 Å². The first-order valence-corrected chi connectivity index (χ1v) is 13.6. The summed E-state index contributed by atoms with van der Waals surface area (Å²) in [5, 5.41) is 0. The van der Waals surface area contributed by atoms with Gasteiger partial charge in [0.25, 0.3) is 0 Å². The van der Waals surface area contributed by atoms with Gasteiger partial charge in [0.15, 0.2) is 0 Å². The molecule has 0 bridgehead atoms. The van der Waals surface area contributed by atoms with Crippen molar-refractivity contribution in [3.63, 3.8) is 0 Å². The van der Waals surface area contributed by atoms with Gasteiger partial charge in [-0.15, -0.1) is 0 Å². The Morgan fingerprint density at radius 1 is 0.742 bits per heavy atom. The van der Waals surface area contributed by atoms with E-state index < -0.39 is 20.2 Å². The number of hydrogen-bond acceptors (Lipinski definition) is 6. The maximum Gasteiger partial charge on any atom is 4.00 e. The first-order chi connectivity index (χ1) is 13.7. The third-order valence-electron chi connectivity index (χ3n) is 3.90. The third-order valence-corrected chi connectivity index (χ3v) is 3.90. The van der Waals surface area contributed by atoms with Crippen molar-refractivity contribution in [1.82, 2.24) is 0 Å². The van der Waals surface area contributed by atoms with Gasteiger partial charge < -0.3 is 9.11 Å². The molecule has 0 N–H and O–H groups in total. The van der Waals surface area contributed by atoms with Gasteiger partial charge in [-0.05, 0) is 0 Å². The van der Waals surface area contributed by atoms with Crippen LogP contribution in [0.4, 0.5) is 0 Å². The van der Waals surface area contributed by atoms with Crippen LogP contribution in [0.3, 0.4) is 0 Å². The minimum Gasteiger partial charge on any atom is -0.748 e. The average molecular weight is 639 g/mol. The number of unbranched alkanes of at least 4 members (excludes halogenated alkanes) is 2. The van der Waals surface area contributed by atoms with Crippen molar-refractivity contribution in [2.24, 2.45) is 0 Å². The van der Waals surface area contributed by atoms with E-state index in [2.05, 4.69) is 64.1 Å². The second kappa shape index (κ2) is 18.9. The predicted molar refractivity (Wildman–Crippen MR) is 122 cm³/mol. The van der Waals surface area contributed by atoms with E-state index in [1.165, 1.54) is 60.8 Å². The molecule has 0 aliphatic heterocycles. The molecule has 0 atom stereocenters. The molecule has 0 aromatic heterocycles. The second-order valence-electron chi connectivity index (χ2n) is 7.08. The van der Waals surface area contributed by atoms with Crippen LogP contribution in [0.5, 0.6) is 0 Å². The topological polar surface area (TPSA) is 114 Å². The molecule has 0 heterocycles. The van der Waals surface area contributed by atoms with Crippen molar-refractivity contribution in [2.75, 3.05) is 12.5 Å². The van der Waals surface area contributed by atoms with E-state index in [0.717, 1.165) is 0 Å². The minimum absolute atomic E-state index is 0. The largest absolute Gasteiger partial charge is 4.00 e. The molecule has 9 heteroatoms. The van der Waals surface area contributed by atoms with Gasteiger partial charge in [0.05, 0.1) is 20.2 Å². The second-order valence-corrected chi connectivity index (χ2v) is 9.90. The zero-order chi connectivity index (χ0) is 23.8. The molecular weight excluding hydrogens is 603 g/mol. The van der Waals surface area contributed by atoms with Crippen molar-refractivity contribution < 1.29 is 51.8 Å². The fourth-order valence-corrected chi connectivity index (χ4v) is 2.39. The van der Waals surface area contributed by atoms with Gasteiger partial charge in [0, 0.05) is 12.5 Å². The van der Waals surface area contributed by atoms with E-state index in [9.17, 15) is 0 Å². The Hall–Kier alpha value is -0.610. The molecule has 0 saturated heterocycles. The molecule has 2 aromatic carbocycles. The molecule has 6 nitrogen and oxygen atoms in total. The van der Waals surface area contributed by atoms with Crippen LogP contribution in [-0.2, 0) is 58.9 Å². The van der Waals surface area contributed by atoms with Crippen molar-refractivity contribution in [1.29, 1.82) is 0 Å². The number of hydrogen-bond donors (Lipinski definition) is 0. The maximum atomic E-state index is 9.08. The molecule has 0 saturated carbocycles. The summed E-state index contributed by atoms with van der Waals surface area (Å²) in [6.07, 6.45) is 8.97. The maximum absolute atomic E-state index is 9.08. The summed E-state index contributed by atoms with van der Waals surface area (Å²) in [6.45, 7) is 8.84. The Bertz CT molecular complexity index is 791. The van der Waals surface area contributed by atoms with Gasteiger partial charge in [0.2, 0.25) is 0 Å². The fraction of sp³-hybridized carbons (Fsp3) is 0.545. The summed E-state index contributed by atoms with van der Waals surface area (Å²) >= 11 is 0. The summed E-state index contributed by atoms with van der Waals surface area (Å²) in [4.78, 5) is 0. The van der Waals surface area contributed by atoms with Crippen LogP contribution in [0.1, 0.15) is 61.8 Å². The Kier molecular flexibility index (Phi) is 21.3. The molecule has 0 aliphatic carbocycles. The van der Waals surface area contributed by atoms with E-state index in [1.54, 1.807) is 0 Å². The van der Waals surface area contributed by atoms with Gasteiger partial charge in [-0.2, -0.15) is 34.4 Å². The standard InChI is InChI=1S/2C10H15.2CH4O3S.Hf/c2*1-3-4-7-10-8-5-6-9(10)2;2*1-5(2,3)4;/h2*5-6,8H,3-4,7H2,1-2H3;2*1H3,(H,2,3,4);/q2*-1;;;+4/p-2. The van der Waals surface area contributed by atoms with E-state index in [-0.39, 0.29) is 25.8 Å². The summed E-state index contributed by atoms with van der Waals surface area (Å²) in [6, 6.07) is 13.1. The van der Waals surface area contributed by atoms with Gasteiger partial charge >= 0.3 is 25.8 Å². The monoisotopic (exact) mass is 640 g/mol. The molecule has 0 amide bonds. The van der Waals surface area contributed by atoms with Crippen molar-refractivity contribution in [2.45, 2.75) is 66.2 Å². The Morgan fingerprint density at radius 2 is 1.00 bits per heavy atom. The smallest absolute Gasteiger partial charge is 0.748 e. The average Bonchev–Trinajstić information content (AvgIpc) is 3.16. The quantitative estimate of drug-likeness (QED) is 0.263. The first-order valence-electron chi connectivity index (χ1n) is 9.93. The van der Waals surface area contributed by atoms with Gasteiger partial charge in [-0.1, -0.05) is 66.2 Å². The zero-order valence-corrected chi connectivity index (χ0v) is 24.7. The van der Waals surface area contributed by atoms with E-state index in [1.807, 2.05) is 0 Å². The molecule has 0 fully saturated rings. The van der Waals surface area contributed by atoms with Crippen LogP contribution < -0.4 is 0 Å². The van der Waals surface area contributed by atoms with E-state index in [4.69, 9.17) is 25.9 Å². The molecule has 2 aromatic rings.